The highest BCUT2D eigenvalue weighted by Crippen LogP contribution is 2.32. The van der Waals surface area contributed by atoms with E-state index < -0.39 is 18.5 Å². The number of hydrogen-bond donors (Lipinski definition) is 1. The molecule has 0 heterocycles. The minimum atomic E-state index is -0.727. The first kappa shape index (κ1) is 19.7. The summed E-state index contributed by atoms with van der Waals surface area (Å²) in [7, 11) is 0. The normalized spacial score (nSPS) is 10.2. The van der Waals surface area contributed by atoms with Crippen LogP contribution in [0.15, 0.2) is 36.4 Å². The van der Waals surface area contributed by atoms with Crippen molar-refractivity contribution in [3.05, 3.63) is 56.5 Å². The third kappa shape index (κ3) is 5.97. The number of amides is 1. The molecule has 5 nitrogen and oxygen atoms in total. The molecule has 0 unspecified atom stereocenters. The second kappa shape index (κ2) is 9.15. The minimum absolute atomic E-state index is 0.205. The summed E-state index contributed by atoms with van der Waals surface area (Å²) < 4.78 is 10.0. The number of ether oxygens (including phenoxy) is 2. The molecule has 0 atom stereocenters. The Morgan fingerprint density at radius 2 is 1.56 bits per heavy atom. The van der Waals surface area contributed by atoms with E-state index in [4.69, 9.17) is 55.9 Å². The molecule has 9 heteroatoms. The molecule has 25 heavy (non-hydrogen) atoms. The second-order valence-corrected chi connectivity index (χ2v) is 6.30. The SMILES string of the molecule is O=C(COC(=O)COc1ccccc1Cl)Nc1cc(Cl)c(Cl)cc1Cl. The van der Waals surface area contributed by atoms with Crippen molar-refractivity contribution in [1.29, 1.82) is 0 Å². The number of nitrogens with one attached hydrogen (secondary N) is 1. The van der Waals surface area contributed by atoms with Gasteiger partial charge >= 0.3 is 5.97 Å². The van der Waals surface area contributed by atoms with Crippen molar-refractivity contribution in [2.24, 2.45) is 0 Å². The van der Waals surface area contributed by atoms with E-state index in [0.717, 1.165) is 0 Å². The molecule has 0 spiro atoms. The molecule has 0 aliphatic carbocycles. The van der Waals surface area contributed by atoms with Crippen molar-refractivity contribution in [3.8, 4) is 5.75 Å². The number of esters is 1. The average Bonchev–Trinajstić information content (AvgIpc) is 2.57. The zero-order valence-electron chi connectivity index (χ0n) is 12.5. The van der Waals surface area contributed by atoms with Crippen LogP contribution in [-0.2, 0) is 14.3 Å². The zero-order chi connectivity index (χ0) is 18.4. The number of hydrogen-bond acceptors (Lipinski definition) is 4. The van der Waals surface area contributed by atoms with Crippen LogP contribution >= 0.6 is 46.4 Å². The van der Waals surface area contributed by atoms with Gasteiger partial charge in [-0.15, -0.1) is 0 Å². The van der Waals surface area contributed by atoms with Gasteiger partial charge in [0.25, 0.3) is 5.91 Å². The molecule has 0 saturated heterocycles. The van der Waals surface area contributed by atoms with Crippen LogP contribution in [0, 0.1) is 0 Å². The van der Waals surface area contributed by atoms with Gasteiger partial charge in [0.2, 0.25) is 0 Å². The molecule has 0 fully saturated rings. The summed E-state index contributed by atoms with van der Waals surface area (Å²) in [6.07, 6.45) is 0. The van der Waals surface area contributed by atoms with E-state index >= 15 is 0 Å². The Morgan fingerprint density at radius 3 is 2.28 bits per heavy atom. The molecule has 0 bridgehead atoms. The molecule has 0 aliphatic heterocycles. The summed E-state index contributed by atoms with van der Waals surface area (Å²) in [4.78, 5) is 23.4. The van der Waals surface area contributed by atoms with Crippen LogP contribution in [0.2, 0.25) is 20.1 Å². The Hall–Kier alpha value is -1.66. The van der Waals surface area contributed by atoms with Crippen LogP contribution in [0.4, 0.5) is 5.69 Å². The van der Waals surface area contributed by atoms with Crippen LogP contribution in [0.5, 0.6) is 5.75 Å². The Kier molecular flexibility index (Phi) is 7.20. The smallest absolute Gasteiger partial charge is 0.344 e. The number of carbonyl (C=O) groups is 2. The topological polar surface area (TPSA) is 64.6 Å². The fourth-order valence-electron chi connectivity index (χ4n) is 1.69. The molecule has 1 N–H and O–H groups in total. The fourth-order valence-corrected chi connectivity index (χ4v) is 2.48. The standard InChI is InChI=1S/C16H11Cl4NO4/c17-9-3-1-2-4-14(9)24-8-16(23)25-7-15(22)21-13-6-11(19)10(18)5-12(13)20/h1-6H,7-8H2,(H,21,22). The largest absolute Gasteiger partial charge is 0.480 e. The van der Waals surface area contributed by atoms with Gasteiger partial charge in [-0.3, -0.25) is 4.79 Å². The molecular weight excluding hydrogens is 412 g/mol. The Morgan fingerprint density at radius 1 is 0.880 bits per heavy atom. The molecule has 2 aromatic rings. The monoisotopic (exact) mass is 421 g/mol. The highest BCUT2D eigenvalue weighted by Gasteiger charge is 2.12. The van der Waals surface area contributed by atoms with E-state index in [1.54, 1.807) is 24.3 Å². The predicted molar refractivity (Wildman–Crippen MR) is 98.0 cm³/mol. The summed E-state index contributed by atoms with van der Waals surface area (Å²) in [6, 6.07) is 9.45. The van der Waals surface area contributed by atoms with Gasteiger partial charge in [0.1, 0.15) is 5.75 Å². The molecule has 0 aliphatic rings. The van der Waals surface area contributed by atoms with E-state index in [0.29, 0.717) is 10.8 Å². The lowest BCUT2D eigenvalue weighted by molar-refractivity contribution is -0.149. The zero-order valence-corrected chi connectivity index (χ0v) is 15.5. The van der Waals surface area contributed by atoms with Gasteiger partial charge in [0.05, 0.1) is 25.8 Å². The maximum Gasteiger partial charge on any atom is 0.344 e. The number of benzene rings is 2. The first-order valence-corrected chi connectivity index (χ1v) is 8.35. The van der Waals surface area contributed by atoms with Crippen LogP contribution in [0.1, 0.15) is 0 Å². The molecular formula is C16H11Cl4NO4. The van der Waals surface area contributed by atoms with Gasteiger partial charge in [-0.05, 0) is 24.3 Å². The average molecular weight is 423 g/mol. The van der Waals surface area contributed by atoms with E-state index in [2.05, 4.69) is 5.32 Å². The number of rotatable bonds is 6. The van der Waals surface area contributed by atoms with Gasteiger partial charge in [-0.1, -0.05) is 58.5 Å². The van der Waals surface area contributed by atoms with Crippen LogP contribution in [-0.4, -0.2) is 25.1 Å². The quantitative estimate of drug-likeness (QED) is 0.533. The van der Waals surface area contributed by atoms with Gasteiger partial charge in [-0.2, -0.15) is 0 Å². The van der Waals surface area contributed by atoms with Crippen molar-refractivity contribution in [2.45, 2.75) is 0 Å². The van der Waals surface area contributed by atoms with E-state index in [1.165, 1.54) is 12.1 Å². The van der Waals surface area contributed by atoms with Crippen molar-refractivity contribution in [2.75, 3.05) is 18.5 Å². The van der Waals surface area contributed by atoms with Gasteiger partial charge in [0, 0.05) is 0 Å². The number of anilines is 1. The van der Waals surface area contributed by atoms with Crippen LogP contribution in [0.3, 0.4) is 0 Å². The van der Waals surface area contributed by atoms with Crippen LogP contribution in [0.25, 0.3) is 0 Å². The number of para-hydroxylation sites is 1. The van der Waals surface area contributed by atoms with E-state index in [1.807, 2.05) is 0 Å². The Balaban J connectivity index is 1.81. The number of carbonyl (C=O) groups excluding carboxylic acids is 2. The molecule has 0 saturated carbocycles. The van der Waals surface area contributed by atoms with Gasteiger partial charge < -0.3 is 14.8 Å². The minimum Gasteiger partial charge on any atom is -0.480 e. The summed E-state index contributed by atoms with van der Waals surface area (Å²) >= 11 is 23.5. The Bertz CT molecular complexity index is 798. The van der Waals surface area contributed by atoms with E-state index in [9.17, 15) is 9.59 Å². The maximum absolute atomic E-state index is 11.8. The molecule has 132 valence electrons. The fraction of sp³-hybridized carbons (Fsp3) is 0.125. The molecule has 1 amide bonds. The highest BCUT2D eigenvalue weighted by atomic mass is 35.5. The maximum atomic E-state index is 11.8. The summed E-state index contributed by atoms with van der Waals surface area (Å²) in [5.74, 6) is -0.977. The third-order valence-corrected chi connectivity index (χ3v) is 4.18. The lowest BCUT2D eigenvalue weighted by Crippen LogP contribution is -2.23. The Labute approximate surface area is 163 Å². The van der Waals surface area contributed by atoms with Gasteiger partial charge in [0.15, 0.2) is 13.2 Å². The highest BCUT2D eigenvalue weighted by molar-refractivity contribution is 6.44. The molecule has 0 radical (unpaired) electrons. The first-order valence-electron chi connectivity index (χ1n) is 6.84. The third-order valence-electron chi connectivity index (χ3n) is 2.83. The lowest BCUT2D eigenvalue weighted by atomic mass is 10.3. The first-order chi connectivity index (χ1) is 11.9. The molecule has 0 aromatic heterocycles. The van der Waals surface area contributed by atoms with E-state index in [-0.39, 0.29) is 27.4 Å². The van der Waals surface area contributed by atoms with Crippen molar-refractivity contribution in [1.82, 2.24) is 0 Å². The summed E-state index contributed by atoms with van der Waals surface area (Å²) in [6.45, 7) is -0.897. The predicted octanol–water partition coefficient (Wildman–Crippen LogP) is 4.86. The van der Waals surface area contributed by atoms with Crippen LogP contribution < -0.4 is 10.1 Å². The van der Waals surface area contributed by atoms with Crippen molar-refractivity contribution >= 4 is 64.0 Å². The molecule has 2 aromatic carbocycles. The number of halogens is 4. The summed E-state index contributed by atoms with van der Waals surface area (Å²) in [5.41, 5.74) is 0.254. The summed E-state index contributed by atoms with van der Waals surface area (Å²) in [5, 5.41) is 3.52. The second-order valence-electron chi connectivity index (χ2n) is 4.67. The van der Waals surface area contributed by atoms with Crippen molar-refractivity contribution < 1.29 is 19.1 Å². The lowest BCUT2D eigenvalue weighted by Gasteiger charge is -2.10. The van der Waals surface area contributed by atoms with Crippen molar-refractivity contribution in [3.63, 3.8) is 0 Å². The molecule has 2 rings (SSSR count). The van der Waals surface area contributed by atoms with Gasteiger partial charge in [-0.25, -0.2) is 4.79 Å².